The molecule has 11 rings (SSSR count). The van der Waals surface area contributed by atoms with Gasteiger partial charge in [0, 0.05) is 27.4 Å². The summed E-state index contributed by atoms with van der Waals surface area (Å²) in [7, 11) is 0. The van der Waals surface area contributed by atoms with Gasteiger partial charge >= 0.3 is 0 Å². The fraction of sp³-hybridized carbons (Fsp3) is 0.0690. The fourth-order valence-electron chi connectivity index (χ4n) is 9.90. The zero-order valence-electron chi connectivity index (χ0n) is 38.4. The average Bonchev–Trinajstić information content (AvgIpc) is 3.68. The second-order valence-corrected chi connectivity index (χ2v) is 16.1. The van der Waals surface area contributed by atoms with Crippen LogP contribution in [-0.4, -0.2) is 4.57 Å². The van der Waals surface area contributed by atoms with Gasteiger partial charge in [-0.25, -0.2) is 0 Å². The van der Waals surface area contributed by atoms with Crippen molar-refractivity contribution >= 4 is 38.9 Å². The number of fused-ring (bicyclic) bond motifs is 5. The van der Waals surface area contributed by atoms with Crippen LogP contribution in [0.2, 0.25) is 0 Å². The molecule has 0 spiro atoms. The molecule has 0 amide bonds. The molecular weight excluding hydrogens is 725 g/mol. The first-order valence-electron chi connectivity index (χ1n) is 23.0. The Labute approximate surface area is 359 Å². The molecule has 0 aliphatic carbocycles. The largest absolute Gasteiger partial charge is 0.309 e. The first kappa shape index (κ1) is 30.6. The Bertz CT molecular complexity index is 3340. The molecule has 0 unspecified atom stereocenters. The summed E-state index contributed by atoms with van der Waals surface area (Å²) in [5, 5.41) is 2.32. The minimum absolute atomic E-state index is 0.172. The third-order valence-electron chi connectivity index (χ3n) is 12.6. The quantitative estimate of drug-likeness (QED) is 0.146. The van der Waals surface area contributed by atoms with Crippen molar-refractivity contribution in [3.63, 3.8) is 0 Å². The maximum absolute atomic E-state index is 8.98. The molecule has 0 atom stereocenters. The lowest BCUT2D eigenvalue weighted by Gasteiger charge is -2.42. The van der Waals surface area contributed by atoms with Crippen molar-refractivity contribution in [1.29, 1.82) is 0 Å². The van der Waals surface area contributed by atoms with E-state index in [0.29, 0.717) is 5.56 Å². The third kappa shape index (κ3) is 5.41. The van der Waals surface area contributed by atoms with Crippen LogP contribution in [-0.2, 0) is 10.8 Å². The Kier molecular flexibility index (Phi) is 7.22. The minimum Gasteiger partial charge on any atom is -0.309 e. The van der Waals surface area contributed by atoms with Crippen LogP contribution in [0.1, 0.15) is 54.1 Å². The van der Waals surface area contributed by atoms with E-state index in [1.165, 1.54) is 16.7 Å². The van der Waals surface area contributed by atoms with Gasteiger partial charge in [0.15, 0.2) is 0 Å². The first-order valence-corrected chi connectivity index (χ1v) is 20.5. The van der Waals surface area contributed by atoms with E-state index < -0.39 is 16.9 Å². The van der Waals surface area contributed by atoms with Crippen LogP contribution in [0.5, 0.6) is 0 Å². The summed E-state index contributed by atoms with van der Waals surface area (Å²) in [4.78, 5) is 2.20. The summed E-state index contributed by atoms with van der Waals surface area (Å²) >= 11 is 0. The molecule has 0 saturated carbocycles. The minimum atomic E-state index is -0.630. The van der Waals surface area contributed by atoms with Crippen molar-refractivity contribution in [3.05, 3.63) is 264 Å². The van der Waals surface area contributed by atoms with Gasteiger partial charge in [0.25, 0.3) is 0 Å². The molecule has 2 nitrogen and oxygen atoms in total. The van der Waals surface area contributed by atoms with Gasteiger partial charge in [0.1, 0.15) is 0 Å². The van der Waals surface area contributed by atoms with E-state index in [9.17, 15) is 0 Å². The molecule has 0 N–H and O–H groups in total. The highest BCUT2D eigenvalue weighted by Gasteiger charge is 2.40. The summed E-state index contributed by atoms with van der Waals surface area (Å²) in [5.74, 6) is 0. The summed E-state index contributed by atoms with van der Waals surface area (Å²) in [6, 6.07) is 69.3. The van der Waals surface area contributed by atoms with Crippen molar-refractivity contribution in [1.82, 2.24) is 4.57 Å². The summed E-state index contributed by atoms with van der Waals surface area (Å²) < 4.78 is 45.8. The van der Waals surface area contributed by atoms with Crippen LogP contribution >= 0.6 is 0 Å². The topological polar surface area (TPSA) is 8.17 Å². The van der Waals surface area contributed by atoms with E-state index >= 15 is 0 Å². The molecule has 60 heavy (non-hydrogen) atoms. The summed E-state index contributed by atoms with van der Waals surface area (Å²) in [5.41, 5.74) is 12.4. The number of anilines is 3. The van der Waals surface area contributed by atoms with Gasteiger partial charge in [-0.05, 0) is 81.4 Å². The zero-order chi connectivity index (χ0) is 44.6. The molecule has 2 heterocycles. The predicted octanol–water partition coefficient (Wildman–Crippen LogP) is 14.9. The van der Waals surface area contributed by atoms with Gasteiger partial charge in [-0.3, -0.25) is 0 Å². The number of hydrogen-bond donors (Lipinski definition) is 0. The number of aromatic nitrogens is 1. The fourth-order valence-corrected chi connectivity index (χ4v) is 9.90. The monoisotopic (exact) mass is 773 g/mol. The molecule has 1 aromatic heterocycles. The predicted molar refractivity (Wildman–Crippen MR) is 251 cm³/mol. The summed E-state index contributed by atoms with van der Waals surface area (Å²) in [6.07, 6.45) is 0. The Morgan fingerprint density at radius 1 is 0.433 bits per heavy atom. The maximum atomic E-state index is 8.98. The molecule has 0 saturated heterocycles. The van der Waals surface area contributed by atoms with Crippen LogP contribution in [0.4, 0.5) is 17.1 Å². The van der Waals surface area contributed by atoms with Crippen molar-refractivity contribution in [2.24, 2.45) is 0 Å². The smallest absolute Gasteiger partial charge is 0.0702 e. The Morgan fingerprint density at radius 2 is 0.983 bits per heavy atom. The standard InChI is InChI=1S/C58H44N2/c1-57(2)50-31-17-20-34-54(50)60(52-32-18-15-29-47(52)41-21-7-3-8-22-41)55-38-36-46(40-51(55)57)59-53-33-19-16-30-48(53)49-37-35-45(39-56(49)59)58(42-23-9-4-10-24-42,43-25-11-5-12-26-43)44-27-13-6-14-28-44/h3-40H,1-2H3/i3D,7D,8D,21D,22D. The van der Waals surface area contributed by atoms with Crippen LogP contribution in [0, 0.1) is 0 Å². The van der Waals surface area contributed by atoms with E-state index in [1.54, 1.807) is 0 Å². The molecule has 0 radical (unpaired) electrons. The van der Waals surface area contributed by atoms with E-state index in [1.807, 2.05) is 30.3 Å². The second-order valence-electron chi connectivity index (χ2n) is 16.1. The third-order valence-corrected chi connectivity index (χ3v) is 12.6. The van der Waals surface area contributed by atoms with Gasteiger partial charge in [-0.15, -0.1) is 0 Å². The SMILES string of the molecule is [2H]c1c([2H])c([2H])c(-c2ccccc2N2c3ccccc3C(C)(C)c3cc(-n4c5ccccc5c5ccc(C(c6ccccc6)(c6ccccc6)c6ccccc6)cc54)ccc32)c([2H])c1[2H]. The normalized spacial score (nSPS) is 14.4. The van der Waals surface area contributed by atoms with Crippen LogP contribution in [0.3, 0.4) is 0 Å². The summed E-state index contributed by atoms with van der Waals surface area (Å²) in [6.45, 7) is 4.54. The highest BCUT2D eigenvalue weighted by molar-refractivity contribution is 6.09. The lowest BCUT2D eigenvalue weighted by Crippen LogP contribution is -2.31. The molecule has 286 valence electrons. The highest BCUT2D eigenvalue weighted by Crippen LogP contribution is 2.54. The first-order chi connectivity index (χ1) is 31.6. The molecule has 1 aliphatic heterocycles. The van der Waals surface area contributed by atoms with E-state index in [2.05, 4.69) is 193 Å². The Morgan fingerprint density at radius 3 is 1.67 bits per heavy atom. The van der Waals surface area contributed by atoms with Crippen molar-refractivity contribution in [2.75, 3.05) is 4.90 Å². The van der Waals surface area contributed by atoms with E-state index in [4.69, 9.17) is 6.85 Å². The number of rotatable bonds is 7. The second kappa shape index (κ2) is 14.1. The number of nitrogens with zero attached hydrogens (tertiary/aromatic N) is 2. The van der Waals surface area contributed by atoms with Gasteiger partial charge in [0.05, 0.1) is 40.4 Å². The molecule has 0 fully saturated rings. The zero-order valence-corrected chi connectivity index (χ0v) is 33.4. The Balaban J connectivity index is 1.17. The van der Waals surface area contributed by atoms with Gasteiger partial charge in [0.2, 0.25) is 0 Å². The highest BCUT2D eigenvalue weighted by atomic mass is 15.2. The molecule has 10 aromatic rings. The van der Waals surface area contributed by atoms with Crippen LogP contribution < -0.4 is 4.90 Å². The van der Waals surface area contributed by atoms with E-state index in [0.717, 1.165) is 61.2 Å². The molecule has 1 aliphatic rings. The number of para-hydroxylation sites is 3. The van der Waals surface area contributed by atoms with Gasteiger partial charge in [-0.2, -0.15) is 0 Å². The number of hydrogen-bond acceptors (Lipinski definition) is 1. The van der Waals surface area contributed by atoms with Crippen molar-refractivity contribution < 1.29 is 6.85 Å². The number of benzene rings is 9. The van der Waals surface area contributed by atoms with Crippen molar-refractivity contribution in [2.45, 2.75) is 24.7 Å². The molecule has 2 heteroatoms. The van der Waals surface area contributed by atoms with Crippen molar-refractivity contribution in [3.8, 4) is 16.8 Å². The van der Waals surface area contributed by atoms with E-state index in [-0.39, 0.29) is 29.7 Å². The van der Waals surface area contributed by atoms with Crippen LogP contribution in [0.15, 0.2) is 230 Å². The average molecular weight is 774 g/mol. The van der Waals surface area contributed by atoms with Gasteiger partial charge < -0.3 is 9.47 Å². The maximum Gasteiger partial charge on any atom is 0.0702 e. The molecular formula is C58H44N2. The lowest BCUT2D eigenvalue weighted by molar-refractivity contribution is 0.631. The molecule has 0 bridgehead atoms. The molecule has 9 aromatic carbocycles. The lowest BCUT2D eigenvalue weighted by atomic mass is 9.65. The Hall–Kier alpha value is -7.42. The van der Waals surface area contributed by atoms with Crippen LogP contribution in [0.25, 0.3) is 38.6 Å². The van der Waals surface area contributed by atoms with Gasteiger partial charge in [-0.1, -0.05) is 202 Å².